The monoisotopic (exact) mass is 231 g/mol. The average molecular weight is 231 g/mol. The first-order valence-corrected chi connectivity index (χ1v) is 6.12. The first-order chi connectivity index (χ1) is 8.36. The number of hydrazine groups is 1. The van der Waals surface area contributed by atoms with E-state index in [0.29, 0.717) is 5.92 Å². The summed E-state index contributed by atoms with van der Waals surface area (Å²) >= 11 is 0. The number of nitrogens with zero attached hydrogens (tertiary/aromatic N) is 2. The van der Waals surface area contributed by atoms with Gasteiger partial charge in [-0.25, -0.2) is 5.01 Å². The van der Waals surface area contributed by atoms with Gasteiger partial charge in [-0.15, -0.1) is 0 Å². The molecular weight excluding hydrogens is 214 g/mol. The van der Waals surface area contributed by atoms with E-state index in [1.165, 1.54) is 18.4 Å². The van der Waals surface area contributed by atoms with Crippen molar-refractivity contribution in [3.63, 3.8) is 0 Å². The predicted octanol–water partition coefficient (Wildman–Crippen LogP) is 2.14. The van der Waals surface area contributed by atoms with E-state index in [2.05, 4.69) is 21.5 Å². The molecule has 0 amide bonds. The van der Waals surface area contributed by atoms with Gasteiger partial charge in [-0.1, -0.05) is 0 Å². The summed E-state index contributed by atoms with van der Waals surface area (Å²) in [5.41, 5.74) is 6.34. The fourth-order valence-electron chi connectivity index (χ4n) is 2.54. The fraction of sp³-hybridized carbons (Fsp3) is 0.462. The molecule has 3 heterocycles. The third kappa shape index (κ3) is 2.06. The van der Waals surface area contributed by atoms with Crippen LogP contribution in [0.4, 0.5) is 0 Å². The summed E-state index contributed by atoms with van der Waals surface area (Å²) in [5, 5.41) is 2.26. The van der Waals surface area contributed by atoms with E-state index in [4.69, 9.17) is 4.42 Å². The Hall–Kier alpha value is -1.39. The SMILES string of the molecule is CNN1CCC[C@@H](c2cnc3ccoc3c2)C1. The normalized spacial score (nSPS) is 22.1. The van der Waals surface area contributed by atoms with Gasteiger partial charge in [0, 0.05) is 25.4 Å². The second kappa shape index (κ2) is 4.47. The molecule has 2 aromatic rings. The Morgan fingerprint density at radius 1 is 1.53 bits per heavy atom. The van der Waals surface area contributed by atoms with Crippen molar-refractivity contribution in [2.45, 2.75) is 18.8 Å². The standard InChI is InChI=1S/C13H17N3O/c1-14-16-5-2-3-10(9-16)11-7-13-12(15-8-11)4-6-17-13/h4,6-8,10,14H,2-3,5,9H2,1H3/t10-/m1/s1. The molecule has 0 aliphatic carbocycles. The van der Waals surface area contributed by atoms with Crippen LogP contribution in [0.1, 0.15) is 24.3 Å². The number of hydrogen-bond acceptors (Lipinski definition) is 4. The Morgan fingerprint density at radius 3 is 3.35 bits per heavy atom. The molecule has 0 bridgehead atoms. The molecule has 3 rings (SSSR count). The molecule has 0 saturated carbocycles. The number of nitrogens with one attached hydrogen (secondary N) is 1. The molecule has 17 heavy (non-hydrogen) atoms. The van der Waals surface area contributed by atoms with Gasteiger partial charge in [0.2, 0.25) is 0 Å². The minimum atomic E-state index is 0.554. The van der Waals surface area contributed by atoms with E-state index in [-0.39, 0.29) is 0 Å². The zero-order chi connectivity index (χ0) is 11.7. The smallest absolute Gasteiger partial charge is 0.152 e. The van der Waals surface area contributed by atoms with Crippen LogP contribution in [-0.4, -0.2) is 30.1 Å². The predicted molar refractivity (Wildman–Crippen MR) is 66.6 cm³/mol. The number of pyridine rings is 1. The minimum Gasteiger partial charge on any atom is -0.463 e. The van der Waals surface area contributed by atoms with Gasteiger partial charge in [0.1, 0.15) is 5.52 Å². The van der Waals surface area contributed by atoms with Crippen LogP contribution in [-0.2, 0) is 0 Å². The van der Waals surface area contributed by atoms with Gasteiger partial charge in [0.05, 0.1) is 6.26 Å². The van der Waals surface area contributed by atoms with E-state index in [1.54, 1.807) is 6.26 Å². The second-order valence-electron chi connectivity index (χ2n) is 4.58. The number of fused-ring (bicyclic) bond motifs is 1. The van der Waals surface area contributed by atoms with Crippen LogP contribution in [0.15, 0.2) is 29.0 Å². The second-order valence-corrected chi connectivity index (χ2v) is 4.58. The van der Waals surface area contributed by atoms with Crippen molar-refractivity contribution in [3.05, 3.63) is 30.2 Å². The molecule has 2 aromatic heterocycles. The molecule has 1 N–H and O–H groups in total. The van der Waals surface area contributed by atoms with Gasteiger partial charge >= 0.3 is 0 Å². The van der Waals surface area contributed by atoms with Crippen molar-refractivity contribution in [1.82, 2.24) is 15.4 Å². The van der Waals surface area contributed by atoms with Crippen molar-refractivity contribution >= 4 is 11.1 Å². The lowest BCUT2D eigenvalue weighted by molar-refractivity contribution is 0.154. The number of aromatic nitrogens is 1. The van der Waals surface area contributed by atoms with Crippen molar-refractivity contribution in [2.24, 2.45) is 0 Å². The molecule has 4 heteroatoms. The third-order valence-electron chi connectivity index (χ3n) is 3.53. The van der Waals surface area contributed by atoms with Crippen LogP contribution in [0.5, 0.6) is 0 Å². The Bertz CT molecular complexity index is 508. The molecular formula is C13H17N3O. The van der Waals surface area contributed by atoms with Gasteiger partial charge in [0.15, 0.2) is 5.58 Å². The topological polar surface area (TPSA) is 41.3 Å². The lowest BCUT2D eigenvalue weighted by atomic mass is 9.92. The van der Waals surface area contributed by atoms with Gasteiger partial charge in [0.25, 0.3) is 0 Å². The van der Waals surface area contributed by atoms with Gasteiger partial charge < -0.3 is 4.42 Å². The average Bonchev–Trinajstić information content (AvgIpc) is 2.86. The van der Waals surface area contributed by atoms with E-state index >= 15 is 0 Å². The highest BCUT2D eigenvalue weighted by molar-refractivity contribution is 5.72. The summed E-state index contributed by atoms with van der Waals surface area (Å²) in [5.74, 6) is 0.554. The van der Waals surface area contributed by atoms with E-state index in [9.17, 15) is 0 Å². The largest absolute Gasteiger partial charge is 0.463 e. The lowest BCUT2D eigenvalue weighted by Crippen LogP contribution is -2.42. The van der Waals surface area contributed by atoms with Crippen LogP contribution in [0.25, 0.3) is 11.1 Å². The van der Waals surface area contributed by atoms with Gasteiger partial charge in [-0.2, -0.15) is 0 Å². The summed E-state index contributed by atoms with van der Waals surface area (Å²) < 4.78 is 5.41. The van der Waals surface area contributed by atoms with Crippen LogP contribution >= 0.6 is 0 Å². The number of hydrogen-bond donors (Lipinski definition) is 1. The number of rotatable bonds is 2. The summed E-state index contributed by atoms with van der Waals surface area (Å²) in [6, 6.07) is 4.03. The van der Waals surface area contributed by atoms with E-state index in [1.807, 2.05) is 19.3 Å². The summed E-state index contributed by atoms with van der Waals surface area (Å²) in [7, 11) is 1.98. The van der Waals surface area contributed by atoms with Crippen LogP contribution < -0.4 is 5.43 Å². The Morgan fingerprint density at radius 2 is 2.47 bits per heavy atom. The first kappa shape index (κ1) is 10.7. The molecule has 1 aliphatic rings. The molecule has 0 radical (unpaired) electrons. The first-order valence-electron chi connectivity index (χ1n) is 6.12. The van der Waals surface area contributed by atoms with E-state index in [0.717, 1.165) is 24.2 Å². The van der Waals surface area contributed by atoms with Crippen molar-refractivity contribution in [3.8, 4) is 0 Å². The summed E-state index contributed by atoms with van der Waals surface area (Å²) in [6.07, 6.45) is 6.14. The zero-order valence-electron chi connectivity index (χ0n) is 10.0. The summed E-state index contributed by atoms with van der Waals surface area (Å²) in [4.78, 5) is 4.43. The van der Waals surface area contributed by atoms with Gasteiger partial charge in [-0.05, 0) is 37.4 Å². The summed E-state index contributed by atoms with van der Waals surface area (Å²) in [6.45, 7) is 2.17. The quantitative estimate of drug-likeness (QED) is 0.859. The van der Waals surface area contributed by atoms with Crippen LogP contribution in [0, 0.1) is 0 Å². The highest BCUT2D eigenvalue weighted by atomic mass is 16.3. The van der Waals surface area contributed by atoms with Crippen molar-refractivity contribution in [2.75, 3.05) is 20.1 Å². The molecule has 1 atom stereocenters. The lowest BCUT2D eigenvalue weighted by Gasteiger charge is -2.31. The van der Waals surface area contributed by atoms with Crippen LogP contribution in [0.2, 0.25) is 0 Å². The van der Waals surface area contributed by atoms with Crippen molar-refractivity contribution in [1.29, 1.82) is 0 Å². The third-order valence-corrected chi connectivity index (χ3v) is 3.53. The molecule has 0 spiro atoms. The highest BCUT2D eigenvalue weighted by Gasteiger charge is 2.21. The Balaban J connectivity index is 1.86. The molecule has 1 aliphatic heterocycles. The number of furan rings is 1. The molecule has 0 aromatic carbocycles. The molecule has 1 fully saturated rings. The maximum absolute atomic E-state index is 5.41. The Kier molecular flexibility index (Phi) is 2.82. The molecule has 0 unspecified atom stereocenters. The maximum Gasteiger partial charge on any atom is 0.152 e. The molecule has 4 nitrogen and oxygen atoms in total. The Labute approximate surface area is 101 Å². The minimum absolute atomic E-state index is 0.554. The molecule has 90 valence electrons. The number of piperidine rings is 1. The fourth-order valence-corrected chi connectivity index (χ4v) is 2.54. The van der Waals surface area contributed by atoms with E-state index < -0.39 is 0 Å². The van der Waals surface area contributed by atoms with Crippen molar-refractivity contribution < 1.29 is 4.42 Å². The maximum atomic E-state index is 5.41. The highest BCUT2D eigenvalue weighted by Crippen LogP contribution is 2.27. The van der Waals surface area contributed by atoms with Crippen LogP contribution in [0.3, 0.4) is 0 Å². The van der Waals surface area contributed by atoms with Gasteiger partial charge in [-0.3, -0.25) is 10.4 Å². The zero-order valence-corrected chi connectivity index (χ0v) is 10.0. The molecule has 1 saturated heterocycles.